The minimum Gasteiger partial charge on any atom is -0.356 e. The number of carbonyl (C=O) groups is 2. The molecule has 0 unspecified atom stereocenters. The van der Waals surface area contributed by atoms with Gasteiger partial charge in [0.2, 0.25) is 5.91 Å². The van der Waals surface area contributed by atoms with E-state index in [2.05, 4.69) is 15.3 Å². The lowest BCUT2D eigenvalue weighted by molar-refractivity contribution is -0.165. The third kappa shape index (κ3) is 3.68. The van der Waals surface area contributed by atoms with E-state index in [0.29, 0.717) is 6.54 Å². The summed E-state index contributed by atoms with van der Waals surface area (Å²) in [5.41, 5.74) is 2.83. The van der Waals surface area contributed by atoms with Crippen molar-refractivity contribution in [3.8, 4) is 0 Å². The monoisotopic (exact) mass is 366 g/mol. The van der Waals surface area contributed by atoms with E-state index in [-0.39, 0.29) is 24.5 Å². The lowest BCUT2D eigenvalue weighted by Gasteiger charge is -2.40. The van der Waals surface area contributed by atoms with Crippen LogP contribution < -0.4 is 5.32 Å². The molecule has 1 N–H and O–H groups in total. The molecule has 1 saturated carbocycles. The number of nitrogens with zero attached hydrogens (tertiary/aromatic N) is 3. The highest BCUT2D eigenvalue weighted by Gasteiger charge is 2.47. The molecule has 0 spiro atoms. The number of aromatic nitrogens is 2. The first kappa shape index (κ1) is 17.6. The van der Waals surface area contributed by atoms with Gasteiger partial charge in [-0.25, -0.2) is 0 Å². The number of morpholine rings is 1. The van der Waals surface area contributed by atoms with Gasteiger partial charge < -0.3 is 15.0 Å². The van der Waals surface area contributed by atoms with Crippen LogP contribution in [-0.2, 0) is 20.9 Å². The normalized spacial score (nSPS) is 22.6. The third-order valence-corrected chi connectivity index (χ3v) is 5.07. The second kappa shape index (κ2) is 7.44. The smallest absolute Gasteiger partial charge is 0.251 e. The van der Waals surface area contributed by atoms with Crippen molar-refractivity contribution >= 4 is 11.8 Å². The standard InChI is InChI=1S/C20H22N4O3/c1-13-9-22-8-6-14(13)11-23-20(26)19-18(15-3-2-7-21-10-15)24(16-4-5-16)17(25)12-27-19/h2-3,6-10,16,18-19H,4-5,11-12H2,1H3,(H,23,26)/t18-,19+/m1/s1. The van der Waals surface area contributed by atoms with Crippen LogP contribution in [0.4, 0.5) is 0 Å². The summed E-state index contributed by atoms with van der Waals surface area (Å²) < 4.78 is 5.70. The summed E-state index contributed by atoms with van der Waals surface area (Å²) >= 11 is 0. The van der Waals surface area contributed by atoms with Gasteiger partial charge in [0.25, 0.3) is 5.91 Å². The number of hydrogen-bond acceptors (Lipinski definition) is 5. The molecular weight excluding hydrogens is 344 g/mol. The number of hydrogen-bond donors (Lipinski definition) is 1. The average Bonchev–Trinajstić information content (AvgIpc) is 3.52. The molecule has 27 heavy (non-hydrogen) atoms. The van der Waals surface area contributed by atoms with E-state index in [0.717, 1.165) is 29.5 Å². The molecule has 2 atom stereocenters. The van der Waals surface area contributed by atoms with Crippen molar-refractivity contribution in [2.24, 2.45) is 0 Å². The van der Waals surface area contributed by atoms with Gasteiger partial charge in [-0.2, -0.15) is 0 Å². The fraction of sp³-hybridized carbons (Fsp3) is 0.400. The van der Waals surface area contributed by atoms with E-state index >= 15 is 0 Å². The Hall–Kier alpha value is -2.80. The van der Waals surface area contributed by atoms with Crippen LogP contribution in [-0.4, -0.2) is 45.4 Å². The van der Waals surface area contributed by atoms with Gasteiger partial charge in [0, 0.05) is 37.4 Å². The molecule has 4 rings (SSSR count). The Morgan fingerprint density at radius 3 is 2.78 bits per heavy atom. The lowest BCUT2D eigenvalue weighted by Crippen LogP contribution is -2.55. The van der Waals surface area contributed by atoms with Crippen LogP contribution in [0, 0.1) is 6.92 Å². The predicted molar refractivity (Wildman–Crippen MR) is 97.4 cm³/mol. The number of rotatable bonds is 5. The summed E-state index contributed by atoms with van der Waals surface area (Å²) in [7, 11) is 0. The predicted octanol–water partition coefficient (Wildman–Crippen LogP) is 1.53. The average molecular weight is 366 g/mol. The fourth-order valence-electron chi connectivity index (χ4n) is 3.50. The van der Waals surface area contributed by atoms with Gasteiger partial charge in [-0.15, -0.1) is 0 Å². The molecule has 1 aliphatic carbocycles. The van der Waals surface area contributed by atoms with Crippen LogP contribution >= 0.6 is 0 Å². The van der Waals surface area contributed by atoms with Gasteiger partial charge in [-0.3, -0.25) is 19.6 Å². The Morgan fingerprint density at radius 1 is 1.26 bits per heavy atom. The van der Waals surface area contributed by atoms with Crippen molar-refractivity contribution < 1.29 is 14.3 Å². The van der Waals surface area contributed by atoms with Crippen LogP contribution in [0.5, 0.6) is 0 Å². The van der Waals surface area contributed by atoms with Crippen molar-refractivity contribution in [1.82, 2.24) is 20.2 Å². The maximum Gasteiger partial charge on any atom is 0.251 e. The molecule has 2 aromatic rings. The topological polar surface area (TPSA) is 84.4 Å². The molecule has 1 aliphatic heterocycles. The van der Waals surface area contributed by atoms with Crippen molar-refractivity contribution in [2.45, 2.75) is 44.5 Å². The minimum absolute atomic E-state index is 0.0691. The highest BCUT2D eigenvalue weighted by Crippen LogP contribution is 2.39. The number of pyridine rings is 2. The summed E-state index contributed by atoms with van der Waals surface area (Å²) in [6, 6.07) is 5.32. The Bertz CT molecular complexity index is 838. The Kier molecular flexibility index (Phi) is 4.85. The van der Waals surface area contributed by atoms with Gasteiger partial charge in [-0.1, -0.05) is 6.07 Å². The zero-order chi connectivity index (χ0) is 18.8. The lowest BCUT2D eigenvalue weighted by atomic mass is 9.98. The quantitative estimate of drug-likeness (QED) is 0.868. The number of amides is 2. The van der Waals surface area contributed by atoms with E-state index in [1.54, 1.807) is 24.8 Å². The minimum atomic E-state index is -0.755. The first-order valence-corrected chi connectivity index (χ1v) is 9.15. The van der Waals surface area contributed by atoms with Crippen molar-refractivity contribution in [2.75, 3.05) is 6.61 Å². The zero-order valence-electron chi connectivity index (χ0n) is 15.2. The number of ether oxygens (including phenoxy) is 1. The van der Waals surface area contributed by atoms with Gasteiger partial charge >= 0.3 is 0 Å². The summed E-state index contributed by atoms with van der Waals surface area (Å²) in [6.07, 6.45) is 8.03. The zero-order valence-corrected chi connectivity index (χ0v) is 15.2. The Balaban J connectivity index is 1.56. The summed E-state index contributed by atoms with van der Waals surface area (Å²) in [5, 5.41) is 2.95. The molecule has 0 bridgehead atoms. The molecule has 2 aromatic heterocycles. The van der Waals surface area contributed by atoms with Gasteiger partial charge in [-0.05, 0) is 48.6 Å². The Labute approximate surface area is 157 Å². The largest absolute Gasteiger partial charge is 0.356 e. The van der Waals surface area contributed by atoms with Crippen molar-refractivity contribution in [3.63, 3.8) is 0 Å². The van der Waals surface area contributed by atoms with E-state index in [4.69, 9.17) is 4.74 Å². The number of nitrogens with one attached hydrogen (secondary N) is 1. The third-order valence-electron chi connectivity index (χ3n) is 5.07. The maximum atomic E-state index is 13.0. The van der Waals surface area contributed by atoms with Crippen LogP contribution in [0.15, 0.2) is 43.0 Å². The molecule has 140 valence electrons. The molecule has 1 saturated heterocycles. The molecular formula is C20H22N4O3. The molecule has 2 aliphatic rings. The van der Waals surface area contributed by atoms with Crippen LogP contribution in [0.2, 0.25) is 0 Å². The highest BCUT2D eigenvalue weighted by atomic mass is 16.5. The second-order valence-electron chi connectivity index (χ2n) is 7.01. The highest BCUT2D eigenvalue weighted by molar-refractivity contribution is 5.86. The number of carbonyl (C=O) groups excluding carboxylic acids is 2. The molecule has 2 fully saturated rings. The van der Waals surface area contributed by atoms with Crippen LogP contribution in [0.1, 0.15) is 35.6 Å². The van der Waals surface area contributed by atoms with Crippen molar-refractivity contribution in [3.05, 3.63) is 59.7 Å². The SMILES string of the molecule is Cc1cnccc1CNC(=O)[C@H]1OCC(=O)N(C2CC2)[C@@H]1c1cccnc1. The first-order chi connectivity index (χ1) is 13.1. The molecule has 0 radical (unpaired) electrons. The summed E-state index contributed by atoms with van der Waals surface area (Å²) in [4.78, 5) is 35.5. The van der Waals surface area contributed by atoms with Crippen LogP contribution in [0.3, 0.4) is 0 Å². The summed E-state index contributed by atoms with van der Waals surface area (Å²) in [5.74, 6) is -0.293. The van der Waals surface area contributed by atoms with Gasteiger partial charge in [0.1, 0.15) is 6.61 Å². The van der Waals surface area contributed by atoms with Gasteiger partial charge in [0.05, 0.1) is 6.04 Å². The maximum absolute atomic E-state index is 13.0. The van der Waals surface area contributed by atoms with E-state index in [1.165, 1.54) is 0 Å². The molecule has 3 heterocycles. The summed E-state index contributed by atoms with van der Waals surface area (Å²) in [6.45, 7) is 2.28. The number of aryl methyl sites for hydroxylation is 1. The second-order valence-corrected chi connectivity index (χ2v) is 7.01. The van der Waals surface area contributed by atoms with Gasteiger partial charge in [0.15, 0.2) is 6.10 Å². The first-order valence-electron chi connectivity index (χ1n) is 9.15. The molecule has 0 aromatic carbocycles. The van der Waals surface area contributed by atoms with Crippen LogP contribution in [0.25, 0.3) is 0 Å². The fourth-order valence-corrected chi connectivity index (χ4v) is 3.50. The molecule has 7 nitrogen and oxygen atoms in total. The molecule has 7 heteroatoms. The van der Waals surface area contributed by atoms with E-state index < -0.39 is 12.1 Å². The van der Waals surface area contributed by atoms with E-state index in [1.807, 2.05) is 30.0 Å². The Morgan fingerprint density at radius 2 is 2.07 bits per heavy atom. The van der Waals surface area contributed by atoms with Crippen molar-refractivity contribution in [1.29, 1.82) is 0 Å². The molecule has 2 amide bonds. The van der Waals surface area contributed by atoms with E-state index in [9.17, 15) is 9.59 Å².